The molecule has 1 atom stereocenters. The standard InChI is InChI=1S/C18H19ClFNO4/c1-24-16-7-6-11(8-17(16)25-2)15(22)10-21-18(23)9-12-13(19)4-3-5-14(12)20/h3-8,15,22H,9-10H2,1-2H3,(H,21,23). The summed E-state index contributed by atoms with van der Waals surface area (Å²) in [5, 5.41) is 13.0. The van der Waals surface area contributed by atoms with Crippen molar-refractivity contribution in [1.29, 1.82) is 0 Å². The number of ether oxygens (including phenoxy) is 2. The summed E-state index contributed by atoms with van der Waals surface area (Å²) in [5.74, 6) is 0.0369. The van der Waals surface area contributed by atoms with E-state index in [4.69, 9.17) is 21.1 Å². The van der Waals surface area contributed by atoms with Gasteiger partial charge < -0.3 is 19.9 Å². The zero-order valence-corrected chi connectivity index (χ0v) is 14.6. The maximum Gasteiger partial charge on any atom is 0.224 e. The minimum atomic E-state index is -0.945. The first-order valence-electron chi connectivity index (χ1n) is 7.55. The van der Waals surface area contributed by atoms with Gasteiger partial charge in [-0.25, -0.2) is 4.39 Å². The van der Waals surface area contributed by atoms with Gasteiger partial charge in [0.1, 0.15) is 5.82 Å². The molecule has 0 aliphatic carbocycles. The molecular weight excluding hydrogens is 349 g/mol. The molecule has 25 heavy (non-hydrogen) atoms. The average Bonchev–Trinajstić information content (AvgIpc) is 2.62. The Morgan fingerprint density at radius 1 is 1.24 bits per heavy atom. The Morgan fingerprint density at radius 3 is 2.60 bits per heavy atom. The summed E-state index contributed by atoms with van der Waals surface area (Å²) < 4.78 is 24.0. The van der Waals surface area contributed by atoms with Crippen molar-refractivity contribution in [2.45, 2.75) is 12.5 Å². The molecule has 0 radical (unpaired) electrons. The third kappa shape index (κ3) is 4.84. The molecule has 0 aromatic heterocycles. The third-order valence-corrected chi connectivity index (χ3v) is 4.04. The van der Waals surface area contributed by atoms with E-state index in [-0.39, 0.29) is 23.6 Å². The van der Waals surface area contributed by atoms with Crippen molar-refractivity contribution < 1.29 is 23.8 Å². The monoisotopic (exact) mass is 367 g/mol. The number of hydrogen-bond donors (Lipinski definition) is 2. The maximum atomic E-state index is 13.7. The molecule has 0 spiro atoms. The molecule has 7 heteroatoms. The number of carbonyl (C=O) groups excluding carboxylic acids is 1. The quantitative estimate of drug-likeness (QED) is 0.789. The molecule has 5 nitrogen and oxygen atoms in total. The third-order valence-electron chi connectivity index (χ3n) is 3.68. The molecule has 0 aliphatic heterocycles. The number of methoxy groups -OCH3 is 2. The van der Waals surface area contributed by atoms with Gasteiger partial charge in [-0.1, -0.05) is 23.7 Å². The van der Waals surface area contributed by atoms with E-state index in [1.54, 1.807) is 18.2 Å². The average molecular weight is 368 g/mol. The summed E-state index contributed by atoms with van der Waals surface area (Å²) in [6.45, 7) is -0.0274. The fourth-order valence-electron chi connectivity index (χ4n) is 2.31. The number of rotatable bonds is 7. The molecule has 2 rings (SSSR count). The Kier molecular flexibility index (Phi) is 6.61. The zero-order chi connectivity index (χ0) is 18.4. The van der Waals surface area contributed by atoms with E-state index in [9.17, 15) is 14.3 Å². The molecule has 1 unspecified atom stereocenters. The van der Waals surface area contributed by atoms with Gasteiger partial charge in [0.2, 0.25) is 5.91 Å². The van der Waals surface area contributed by atoms with Gasteiger partial charge in [0.15, 0.2) is 11.5 Å². The topological polar surface area (TPSA) is 67.8 Å². The van der Waals surface area contributed by atoms with Gasteiger partial charge in [0.25, 0.3) is 0 Å². The highest BCUT2D eigenvalue weighted by molar-refractivity contribution is 6.31. The maximum absolute atomic E-state index is 13.7. The van der Waals surface area contributed by atoms with Crippen LogP contribution >= 0.6 is 11.6 Å². The summed E-state index contributed by atoms with van der Waals surface area (Å²) in [5.41, 5.74) is 0.684. The molecular formula is C18H19ClFNO4. The lowest BCUT2D eigenvalue weighted by molar-refractivity contribution is -0.120. The molecule has 134 valence electrons. The number of benzene rings is 2. The minimum Gasteiger partial charge on any atom is -0.493 e. The molecule has 0 heterocycles. The normalized spacial score (nSPS) is 11.7. The van der Waals surface area contributed by atoms with Crippen LogP contribution in [0.4, 0.5) is 4.39 Å². The molecule has 0 saturated heterocycles. The van der Waals surface area contributed by atoms with Crippen molar-refractivity contribution in [3.8, 4) is 11.5 Å². The largest absolute Gasteiger partial charge is 0.493 e. The summed E-state index contributed by atoms with van der Waals surface area (Å²) in [7, 11) is 3.01. The Labute approximate surface area is 150 Å². The van der Waals surface area contributed by atoms with Crippen LogP contribution in [0.1, 0.15) is 17.2 Å². The Hall–Kier alpha value is -2.31. The van der Waals surface area contributed by atoms with Gasteiger partial charge >= 0.3 is 0 Å². The fourth-order valence-corrected chi connectivity index (χ4v) is 2.54. The molecule has 2 N–H and O–H groups in total. The predicted octanol–water partition coefficient (Wildman–Crippen LogP) is 2.89. The highest BCUT2D eigenvalue weighted by Crippen LogP contribution is 2.29. The number of carbonyl (C=O) groups is 1. The van der Waals surface area contributed by atoms with Gasteiger partial charge in [-0.2, -0.15) is 0 Å². The Balaban J connectivity index is 1.97. The summed E-state index contributed by atoms with van der Waals surface area (Å²) in [4.78, 5) is 12.0. The first kappa shape index (κ1) is 19.0. The van der Waals surface area contributed by atoms with Crippen LogP contribution in [0.2, 0.25) is 5.02 Å². The van der Waals surface area contributed by atoms with E-state index in [1.807, 2.05) is 0 Å². The first-order valence-corrected chi connectivity index (χ1v) is 7.93. The van der Waals surface area contributed by atoms with Crippen molar-refractivity contribution in [1.82, 2.24) is 5.32 Å². The second-order valence-electron chi connectivity index (χ2n) is 5.31. The summed E-state index contributed by atoms with van der Waals surface area (Å²) in [6, 6.07) is 9.20. The molecule has 0 bridgehead atoms. The lowest BCUT2D eigenvalue weighted by Gasteiger charge is -2.15. The smallest absolute Gasteiger partial charge is 0.224 e. The van der Waals surface area contributed by atoms with Gasteiger partial charge in [-0.3, -0.25) is 4.79 Å². The van der Waals surface area contributed by atoms with Crippen molar-refractivity contribution in [2.24, 2.45) is 0 Å². The van der Waals surface area contributed by atoms with E-state index in [1.165, 1.54) is 32.4 Å². The van der Waals surface area contributed by atoms with Crippen LogP contribution in [0.15, 0.2) is 36.4 Å². The van der Waals surface area contributed by atoms with Gasteiger partial charge in [-0.15, -0.1) is 0 Å². The van der Waals surface area contributed by atoms with Crippen LogP contribution in [0, 0.1) is 5.82 Å². The molecule has 0 fully saturated rings. The van der Waals surface area contributed by atoms with E-state index < -0.39 is 17.8 Å². The van der Waals surface area contributed by atoms with Gasteiger partial charge in [-0.05, 0) is 29.8 Å². The van der Waals surface area contributed by atoms with Crippen LogP contribution < -0.4 is 14.8 Å². The molecule has 1 amide bonds. The van der Waals surface area contributed by atoms with Crippen molar-refractivity contribution >= 4 is 17.5 Å². The lowest BCUT2D eigenvalue weighted by Crippen LogP contribution is -2.30. The van der Waals surface area contributed by atoms with Crippen LogP contribution in [-0.2, 0) is 11.2 Å². The number of aliphatic hydroxyl groups excluding tert-OH is 1. The molecule has 2 aromatic rings. The van der Waals surface area contributed by atoms with Gasteiger partial charge in [0.05, 0.1) is 26.7 Å². The van der Waals surface area contributed by atoms with E-state index in [0.717, 1.165) is 0 Å². The number of hydrogen-bond acceptors (Lipinski definition) is 4. The summed E-state index contributed by atoms with van der Waals surface area (Å²) in [6.07, 6.45) is -1.15. The van der Waals surface area contributed by atoms with Crippen molar-refractivity contribution in [2.75, 3.05) is 20.8 Å². The number of halogens is 2. The predicted molar refractivity (Wildman–Crippen MR) is 92.6 cm³/mol. The Bertz CT molecular complexity index is 734. The van der Waals surface area contributed by atoms with E-state index in [0.29, 0.717) is 17.1 Å². The van der Waals surface area contributed by atoms with Crippen LogP contribution in [-0.4, -0.2) is 31.8 Å². The summed E-state index contributed by atoms with van der Waals surface area (Å²) >= 11 is 5.90. The number of aliphatic hydroxyl groups is 1. The highest BCUT2D eigenvalue weighted by atomic mass is 35.5. The number of nitrogens with one attached hydrogen (secondary N) is 1. The second-order valence-corrected chi connectivity index (χ2v) is 5.72. The highest BCUT2D eigenvalue weighted by Gasteiger charge is 2.15. The zero-order valence-electron chi connectivity index (χ0n) is 13.9. The minimum absolute atomic E-state index is 0.0274. The van der Waals surface area contributed by atoms with Crippen LogP contribution in [0.5, 0.6) is 11.5 Å². The van der Waals surface area contributed by atoms with Crippen LogP contribution in [0.25, 0.3) is 0 Å². The SMILES string of the molecule is COc1ccc(C(O)CNC(=O)Cc2c(F)cccc2Cl)cc1OC. The Morgan fingerprint density at radius 2 is 1.96 bits per heavy atom. The van der Waals surface area contributed by atoms with Crippen molar-refractivity contribution in [3.63, 3.8) is 0 Å². The van der Waals surface area contributed by atoms with Crippen LogP contribution in [0.3, 0.4) is 0 Å². The lowest BCUT2D eigenvalue weighted by atomic mass is 10.1. The molecule has 0 aliphatic rings. The first-order chi connectivity index (χ1) is 12.0. The van der Waals surface area contributed by atoms with Gasteiger partial charge in [0, 0.05) is 17.1 Å². The van der Waals surface area contributed by atoms with E-state index in [2.05, 4.69) is 5.32 Å². The molecule has 0 saturated carbocycles. The fraction of sp³-hybridized carbons (Fsp3) is 0.278. The van der Waals surface area contributed by atoms with Crippen molar-refractivity contribution in [3.05, 3.63) is 58.4 Å². The molecule has 2 aromatic carbocycles. The number of amides is 1. The second kappa shape index (κ2) is 8.69. The van der Waals surface area contributed by atoms with E-state index >= 15 is 0 Å².